The molecular weight excluding hydrogens is 430 g/mol. The molecule has 1 aliphatic heterocycles. The summed E-state index contributed by atoms with van der Waals surface area (Å²) < 4.78 is 0. The Morgan fingerprint density at radius 3 is 2.71 bits per heavy atom. The number of carboxylic acid groups (broad SMARTS) is 1. The molecule has 180 valence electrons. The first-order chi connectivity index (χ1) is 16.6. The van der Waals surface area contributed by atoms with E-state index in [9.17, 15) is 14.7 Å². The largest absolute Gasteiger partial charge is 0.481 e. The average molecular weight is 464 g/mol. The third kappa shape index (κ3) is 6.14. The lowest BCUT2D eigenvalue weighted by molar-refractivity contribution is -0.137. The summed E-state index contributed by atoms with van der Waals surface area (Å²) in [7, 11) is 0. The summed E-state index contributed by atoms with van der Waals surface area (Å²) in [5, 5.41) is 16.1. The molecule has 0 aliphatic carbocycles. The molecule has 1 aliphatic rings. The van der Waals surface area contributed by atoms with Gasteiger partial charge in [0.25, 0.3) is 0 Å². The van der Waals surface area contributed by atoms with Crippen molar-refractivity contribution in [3.05, 3.63) is 54.1 Å². The summed E-state index contributed by atoms with van der Waals surface area (Å²) in [6.07, 6.45) is 4.23. The lowest BCUT2D eigenvalue weighted by atomic mass is 9.91. The van der Waals surface area contributed by atoms with Gasteiger partial charge in [0.1, 0.15) is 0 Å². The number of para-hydroxylation sites is 3. The highest BCUT2D eigenvalue weighted by Gasteiger charge is 2.28. The fourth-order valence-electron chi connectivity index (χ4n) is 4.58. The zero-order valence-electron chi connectivity index (χ0n) is 19.4. The number of amides is 1. The summed E-state index contributed by atoms with van der Waals surface area (Å²) in [6, 6.07) is 15.7. The Kier molecular flexibility index (Phi) is 8.14. The van der Waals surface area contributed by atoms with Crippen molar-refractivity contribution < 1.29 is 14.7 Å². The van der Waals surface area contributed by atoms with Crippen LogP contribution in [0.1, 0.15) is 50.0 Å². The number of fused-ring (bicyclic) bond motifs is 2. The van der Waals surface area contributed by atoms with Gasteiger partial charge in [-0.25, -0.2) is 4.98 Å². The third-order valence-corrected chi connectivity index (χ3v) is 6.32. The molecule has 34 heavy (non-hydrogen) atoms. The van der Waals surface area contributed by atoms with Crippen LogP contribution in [0.4, 0.5) is 11.6 Å². The van der Waals surface area contributed by atoms with Gasteiger partial charge in [-0.15, -0.1) is 0 Å². The Labute approximate surface area is 199 Å². The zero-order valence-corrected chi connectivity index (χ0v) is 19.4. The fraction of sp³-hybridized carbons (Fsp3) is 0.423. The van der Waals surface area contributed by atoms with E-state index in [1.807, 2.05) is 53.4 Å². The molecule has 4 N–H and O–H groups in total. The molecule has 3 aromatic rings. The minimum Gasteiger partial charge on any atom is -0.481 e. The number of benzene rings is 2. The van der Waals surface area contributed by atoms with E-state index in [1.165, 1.54) is 0 Å². The lowest BCUT2D eigenvalue weighted by Gasteiger charge is -2.24. The number of hydrogen-bond donors (Lipinski definition) is 4. The topological polar surface area (TPSA) is 110 Å². The van der Waals surface area contributed by atoms with Crippen LogP contribution in [0.25, 0.3) is 11.0 Å². The predicted octanol–water partition coefficient (Wildman–Crippen LogP) is 4.12. The molecule has 4 rings (SSSR count). The minimum atomic E-state index is -0.824. The van der Waals surface area contributed by atoms with Gasteiger partial charge in [-0.3, -0.25) is 9.59 Å². The van der Waals surface area contributed by atoms with E-state index in [-0.39, 0.29) is 18.2 Å². The van der Waals surface area contributed by atoms with Crippen molar-refractivity contribution in [3.63, 3.8) is 0 Å². The molecule has 0 spiro atoms. The summed E-state index contributed by atoms with van der Waals surface area (Å²) in [5.74, 6) is -0.0648. The van der Waals surface area contributed by atoms with Crippen molar-refractivity contribution in [2.45, 2.75) is 44.4 Å². The van der Waals surface area contributed by atoms with E-state index < -0.39 is 5.97 Å². The van der Waals surface area contributed by atoms with Gasteiger partial charge >= 0.3 is 5.97 Å². The van der Waals surface area contributed by atoms with Crippen LogP contribution in [0.15, 0.2) is 48.5 Å². The van der Waals surface area contributed by atoms with Gasteiger partial charge in [0.15, 0.2) is 0 Å². The molecule has 0 radical (unpaired) electrons. The van der Waals surface area contributed by atoms with Crippen LogP contribution < -0.4 is 15.5 Å². The first kappa shape index (κ1) is 23.8. The first-order valence-corrected chi connectivity index (χ1v) is 12.1. The Morgan fingerprint density at radius 1 is 1.06 bits per heavy atom. The number of imidazole rings is 1. The minimum absolute atomic E-state index is 0.0571. The van der Waals surface area contributed by atoms with Gasteiger partial charge in [-0.2, -0.15) is 0 Å². The van der Waals surface area contributed by atoms with Crippen LogP contribution >= 0.6 is 0 Å². The summed E-state index contributed by atoms with van der Waals surface area (Å²) in [5.41, 5.74) is 3.83. The number of carbonyl (C=O) groups excluding carboxylic acids is 1. The van der Waals surface area contributed by atoms with E-state index >= 15 is 0 Å². The van der Waals surface area contributed by atoms with Crippen molar-refractivity contribution in [2.75, 3.05) is 36.4 Å². The average Bonchev–Trinajstić information content (AvgIpc) is 3.20. The van der Waals surface area contributed by atoms with Gasteiger partial charge in [-0.05, 0) is 55.5 Å². The van der Waals surface area contributed by atoms with Crippen LogP contribution in [-0.4, -0.2) is 53.1 Å². The zero-order chi connectivity index (χ0) is 23.8. The van der Waals surface area contributed by atoms with Crippen molar-refractivity contribution in [2.24, 2.45) is 0 Å². The number of unbranched alkanes of at least 4 members (excludes halogenated alkanes) is 2. The van der Waals surface area contributed by atoms with Crippen LogP contribution in [0.2, 0.25) is 0 Å². The number of aliphatic carboxylic acids is 1. The Balaban J connectivity index is 1.16. The second-order valence-electron chi connectivity index (χ2n) is 8.78. The number of carbonyl (C=O) groups is 2. The molecule has 0 saturated carbocycles. The Bertz CT molecular complexity index is 1080. The van der Waals surface area contributed by atoms with Crippen LogP contribution in [-0.2, 0) is 9.59 Å². The fourth-order valence-corrected chi connectivity index (χ4v) is 4.58. The van der Waals surface area contributed by atoms with E-state index in [0.29, 0.717) is 25.9 Å². The second-order valence-corrected chi connectivity index (χ2v) is 8.78. The van der Waals surface area contributed by atoms with E-state index in [1.54, 1.807) is 0 Å². The number of nitrogens with zero attached hydrogens (tertiary/aromatic N) is 2. The number of hydrogen-bond acceptors (Lipinski definition) is 5. The highest BCUT2D eigenvalue weighted by molar-refractivity contribution is 5.95. The normalized spacial score (nSPS) is 15.8. The van der Waals surface area contributed by atoms with Crippen LogP contribution in [0.5, 0.6) is 0 Å². The Morgan fingerprint density at radius 2 is 1.85 bits per heavy atom. The highest BCUT2D eigenvalue weighted by atomic mass is 16.4. The van der Waals surface area contributed by atoms with Crippen LogP contribution in [0, 0.1) is 0 Å². The molecular formula is C26H33N5O3. The molecule has 1 atom stereocenters. The highest BCUT2D eigenvalue weighted by Crippen LogP contribution is 2.36. The first-order valence-electron chi connectivity index (χ1n) is 12.1. The molecule has 2 heterocycles. The summed E-state index contributed by atoms with van der Waals surface area (Å²) >= 11 is 0. The second kappa shape index (κ2) is 11.7. The standard InChI is InChI=1S/C26H33N5O3/c32-24-13-12-19(18-25(33)34)20-8-2-5-11-23(20)31(24)17-16-27-14-6-1-7-15-28-26-29-21-9-3-4-10-22(21)30-26/h2-5,8-11,19,27H,1,6-7,12-18H2,(H,33,34)(H2,28,29,30). The maximum Gasteiger partial charge on any atom is 0.303 e. The maximum atomic E-state index is 12.8. The molecule has 1 amide bonds. The van der Waals surface area contributed by atoms with E-state index in [4.69, 9.17) is 0 Å². The lowest BCUT2D eigenvalue weighted by Crippen LogP contribution is -2.36. The quantitative estimate of drug-likeness (QED) is 0.301. The number of H-pyrrole nitrogens is 1. The number of carboxylic acids is 1. The summed E-state index contributed by atoms with van der Waals surface area (Å²) in [4.78, 5) is 33.7. The molecule has 0 fully saturated rings. The molecule has 8 heteroatoms. The molecule has 2 aromatic carbocycles. The smallest absolute Gasteiger partial charge is 0.303 e. The number of aromatic amines is 1. The summed E-state index contributed by atoms with van der Waals surface area (Å²) in [6.45, 7) is 3.07. The van der Waals surface area contributed by atoms with E-state index in [2.05, 4.69) is 20.6 Å². The molecule has 0 saturated heterocycles. The molecule has 8 nitrogen and oxygen atoms in total. The number of anilines is 2. The number of aromatic nitrogens is 2. The predicted molar refractivity (Wildman–Crippen MR) is 134 cm³/mol. The Hall–Kier alpha value is -3.39. The number of nitrogens with one attached hydrogen (secondary N) is 3. The van der Waals surface area contributed by atoms with Crippen LogP contribution in [0.3, 0.4) is 0 Å². The molecule has 0 bridgehead atoms. The van der Waals surface area contributed by atoms with Gasteiger partial charge in [0.05, 0.1) is 17.5 Å². The van der Waals surface area contributed by atoms with Gasteiger partial charge < -0.3 is 25.6 Å². The van der Waals surface area contributed by atoms with Gasteiger partial charge in [0, 0.05) is 31.7 Å². The van der Waals surface area contributed by atoms with Crippen molar-refractivity contribution in [3.8, 4) is 0 Å². The molecule has 1 aromatic heterocycles. The van der Waals surface area contributed by atoms with Crippen molar-refractivity contribution >= 4 is 34.5 Å². The third-order valence-electron chi connectivity index (χ3n) is 6.32. The maximum absolute atomic E-state index is 12.8. The molecule has 1 unspecified atom stereocenters. The monoisotopic (exact) mass is 463 g/mol. The number of rotatable bonds is 12. The van der Waals surface area contributed by atoms with Gasteiger partial charge in [0.2, 0.25) is 11.9 Å². The SMILES string of the molecule is O=C(O)CC1CCC(=O)N(CCNCCCCCNc2nc3ccccc3[nH]2)c2ccccc21. The van der Waals surface area contributed by atoms with E-state index in [0.717, 1.165) is 60.6 Å². The van der Waals surface area contributed by atoms with Gasteiger partial charge in [-0.1, -0.05) is 36.8 Å². The van der Waals surface area contributed by atoms with Crippen molar-refractivity contribution in [1.29, 1.82) is 0 Å². The van der Waals surface area contributed by atoms with Crippen molar-refractivity contribution in [1.82, 2.24) is 15.3 Å².